The zero-order valence-electron chi connectivity index (χ0n) is 8.56. The molecule has 0 aliphatic heterocycles. The Morgan fingerprint density at radius 2 is 2.12 bits per heavy atom. The molecular weight excluding hydrogens is 268 g/mol. The molecule has 86 valence electrons. The minimum Gasteiger partial charge on any atom is -0.326 e. The summed E-state index contributed by atoms with van der Waals surface area (Å²) in [6.45, 7) is 1.88. The summed E-state index contributed by atoms with van der Waals surface area (Å²) in [6, 6.07) is 5.28. The summed E-state index contributed by atoms with van der Waals surface area (Å²) in [5.74, 6) is -0.457. The number of hydrogen-bond donors (Lipinski definition) is 1. The molecule has 0 radical (unpaired) electrons. The molecule has 2 rings (SSSR count). The lowest BCUT2D eigenvalue weighted by molar-refractivity contribution is -0.117. The van der Waals surface area contributed by atoms with Gasteiger partial charge in [0.1, 0.15) is 4.33 Å². The molecule has 0 heterocycles. The lowest BCUT2D eigenvalue weighted by Crippen LogP contribution is -2.17. The summed E-state index contributed by atoms with van der Waals surface area (Å²) < 4.78 is -0.885. The number of rotatable bonds is 2. The number of hydrogen-bond acceptors (Lipinski definition) is 1. The van der Waals surface area contributed by atoms with Crippen molar-refractivity contribution in [1.82, 2.24) is 0 Å². The average Bonchev–Trinajstić information content (AvgIpc) is 2.80. The van der Waals surface area contributed by atoms with Crippen LogP contribution in [0.3, 0.4) is 0 Å². The Labute approximate surface area is 109 Å². The zero-order valence-corrected chi connectivity index (χ0v) is 10.8. The van der Waals surface area contributed by atoms with Crippen LogP contribution in [0.2, 0.25) is 5.02 Å². The van der Waals surface area contributed by atoms with Crippen molar-refractivity contribution >= 4 is 46.4 Å². The highest BCUT2D eigenvalue weighted by Crippen LogP contribution is 2.53. The third-order valence-corrected chi connectivity index (χ3v) is 3.66. The van der Waals surface area contributed by atoms with E-state index in [1.54, 1.807) is 18.2 Å². The zero-order chi connectivity index (χ0) is 11.9. The number of alkyl halides is 2. The summed E-state index contributed by atoms with van der Waals surface area (Å²) >= 11 is 17.5. The van der Waals surface area contributed by atoms with E-state index in [0.29, 0.717) is 11.4 Å². The number of amides is 1. The predicted octanol–water partition coefficient (Wildman–Crippen LogP) is 3.78. The Kier molecular flexibility index (Phi) is 3.08. The van der Waals surface area contributed by atoms with E-state index in [1.807, 2.05) is 6.92 Å². The van der Waals surface area contributed by atoms with Crippen LogP contribution in [0.5, 0.6) is 0 Å². The Balaban J connectivity index is 2.07. The SMILES string of the molecule is Cc1cc(Cl)ccc1NC(=O)[C@@H]1CC1(Cl)Cl. The lowest BCUT2D eigenvalue weighted by atomic mass is 10.2. The van der Waals surface area contributed by atoms with Gasteiger partial charge >= 0.3 is 0 Å². The van der Waals surface area contributed by atoms with Crippen LogP contribution in [0.15, 0.2) is 18.2 Å². The first-order chi connectivity index (χ1) is 7.40. The molecule has 0 aromatic heterocycles. The molecule has 1 aromatic rings. The van der Waals surface area contributed by atoms with Crippen LogP contribution in [0.4, 0.5) is 5.69 Å². The minimum absolute atomic E-state index is 0.143. The van der Waals surface area contributed by atoms with Gasteiger partial charge < -0.3 is 5.32 Å². The maximum atomic E-state index is 11.7. The Morgan fingerprint density at radius 3 is 2.62 bits per heavy atom. The molecule has 1 aromatic carbocycles. The molecule has 1 amide bonds. The van der Waals surface area contributed by atoms with E-state index >= 15 is 0 Å². The Bertz CT molecular complexity index is 445. The lowest BCUT2D eigenvalue weighted by Gasteiger charge is -2.08. The molecule has 1 atom stereocenters. The van der Waals surface area contributed by atoms with Crippen molar-refractivity contribution in [1.29, 1.82) is 0 Å². The second-order valence-electron chi connectivity index (χ2n) is 3.97. The Hall–Kier alpha value is -0.440. The number of carbonyl (C=O) groups excluding carboxylic acids is 1. The van der Waals surface area contributed by atoms with Gasteiger partial charge in [0.15, 0.2) is 0 Å². The van der Waals surface area contributed by atoms with Crippen LogP contribution in [-0.2, 0) is 4.79 Å². The largest absolute Gasteiger partial charge is 0.326 e. The molecule has 0 saturated heterocycles. The number of aryl methyl sites for hydroxylation is 1. The van der Waals surface area contributed by atoms with Gasteiger partial charge in [0.05, 0.1) is 5.92 Å². The van der Waals surface area contributed by atoms with Crippen molar-refractivity contribution in [2.24, 2.45) is 5.92 Å². The van der Waals surface area contributed by atoms with Gasteiger partial charge in [-0.1, -0.05) is 11.6 Å². The molecule has 1 aliphatic rings. The predicted molar refractivity (Wildman–Crippen MR) is 67.4 cm³/mol. The molecule has 0 spiro atoms. The van der Waals surface area contributed by atoms with Gasteiger partial charge in [-0.15, -0.1) is 23.2 Å². The van der Waals surface area contributed by atoms with E-state index in [1.165, 1.54) is 0 Å². The van der Waals surface area contributed by atoms with Crippen molar-refractivity contribution in [2.75, 3.05) is 5.32 Å². The molecule has 1 saturated carbocycles. The van der Waals surface area contributed by atoms with Crippen LogP contribution < -0.4 is 5.32 Å². The van der Waals surface area contributed by atoms with Crippen LogP contribution in [0.25, 0.3) is 0 Å². The van der Waals surface area contributed by atoms with Crippen LogP contribution >= 0.6 is 34.8 Å². The van der Waals surface area contributed by atoms with Crippen molar-refractivity contribution in [3.05, 3.63) is 28.8 Å². The van der Waals surface area contributed by atoms with Crippen LogP contribution in [0.1, 0.15) is 12.0 Å². The summed E-state index contributed by atoms with van der Waals surface area (Å²) in [5, 5.41) is 3.43. The maximum Gasteiger partial charge on any atom is 0.230 e. The van der Waals surface area contributed by atoms with Gasteiger partial charge in [-0.2, -0.15) is 0 Å². The first-order valence-electron chi connectivity index (χ1n) is 4.85. The fourth-order valence-corrected chi connectivity index (χ4v) is 2.22. The topological polar surface area (TPSA) is 29.1 Å². The number of nitrogens with one attached hydrogen (secondary N) is 1. The van der Waals surface area contributed by atoms with E-state index in [4.69, 9.17) is 34.8 Å². The highest BCUT2D eigenvalue weighted by atomic mass is 35.5. The molecule has 0 unspecified atom stereocenters. The molecule has 1 N–H and O–H groups in total. The summed E-state index contributed by atoms with van der Waals surface area (Å²) in [5.41, 5.74) is 1.65. The van der Waals surface area contributed by atoms with Gasteiger partial charge in [-0.25, -0.2) is 0 Å². The fourth-order valence-electron chi connectivity index (χ4n) is 1.48. The first-order valence-corrected chi connectivity index (χ1v) is 5.98. The summed E-state index contributed by atoms with van der Waals surface area (Å²) in [7, 11) is 0. The van der Waals surface area contributed by atoms with Gasteiger partial charge in [0.2, 0.25) is 5.91 Å². The third kappa shape index (κ3) is 2.45. The molecular formula is C11H10Cl3NO. The highest BCUT2D eigenvalue weighted by molar-refractivity contribution is 6.52. The molecule has 0 bridgehead atoms. The minimum atomic E-state index is -0.885. The van der Waals surface area contributed by atoms with Gasteiger partial charge in [-0.3, -0.25) is 4.79 Å². The van der Waals surface area contributed by atoms with E-state index < -0.39 is 4.33 Å². The van der Waals surface area contributed by atoms with Gasteiger partial charge in [0, 0.05) is 10.7 Å². The highest BCUT2D eigenvalue weighted by Gasteiger charge is 2.56. The molecule has 2 nitrogen and oxygen atoms in total. The molecule has 1 fully saturated rings. The number of anilines is 1. The summed E-state index contributed by atoms with van der Waals surface area (Å²) in [4.78, 5) is 11.7. The first kappa shape index (κ1) is 12.0. The van der Waals surface area contributed by atoms with E-state index in [9.17, 15) is 4.79 Å². The van der Waals surface area contributed by atoms with Gasteiger partial charge in [-0.05, 0) is 37.1 Å². The fraction of sp³-hybridized carbons (Fsp3) is 0.364. The van der Waals surface area contributed by atoms with Crippen molar-refractivity contribution in [2.45, 2.75) is 17.7 Å². The standard InChI is InChI=1S/C11H10Cl3NO/c1-6-4-7(12)2-3-9(6)15-10(16)8-5-11(8,13)14/h2-4,8H,5H2,1H3,(H,15,16)/t8-/m0/s1. The van der Waals surface area contributed by atoms with E-state index in [2.05, 4.69) is 5.32 Å². The van der Waals surface area contributed by atoms with Crippen molar-refractivity contribution in [3.63, 3.8) is 0 Å². The Morgan fingerprint density at radius 1 is 1.50 bits per heavy atom. The van der Waals surface area contributed by atoms with E-state index in [-0.39, 0.29) is 11.8 Å². The van der Waals surface area contributed by atoms with Crippen LogP contribution in [-0.4, -0.2) is 10.2 Å². The second kappa shape index (κ2) is 4.10. The number of halogens is 3. The third-order valence-electron chi connectivity index (χ3n) is 2.59. The quantitative estimate of drug-likeness (QED) is 0.820. The monoisotopic (exact) mass is 277 g/mol. The normalized spacial score (nSPS) is 21.6. The number of carbonyl (C=O) groups is 1. The number of benzene rings is 1. The van der Waals surface area contributed by atoms with Crippen molar-refractivity contribution < 1.29 is 4.79 Å². The van der Waals surface area contributed by atoms with Crippen molar-refractivity contribution in [3.8, 4) is 0 Å². The smallest absolute Gasteiger partial charge is 0.230 e. The maximum absolute atomic E-state index is 11.7. The molecule has 5 heteroatoms. The second-order valence-corrected chi connectivity index (χ2v) is 5.95. The van der Waals surface area contributed by atoms with Gasteiger partial charge in [0.25, 0.3) is 0 Å². The molecule has 16 heavy (non-hydrogen) atoms. The average molecular weight is 279 g/mol. The van der Waals surface area contributed by atoms with E-state index in [0.717, 1.165) is 11.3 Å². The van der Waals surface area contributed by atoms with Crippen LogP contribution in [0, 0.1) is 12.8 Å². The summed E-state index contributed by atoms with van der Waals surface area (Å²) in [6.07, 6.45) is 0.509. The molecule has 1 aliphatic carbocycles.